The zero-order valence-electron chi connectivity index (χ0n) is 10.3. The normalized spacial score (nSPS) is 12.1. The minimum Gasteiger partial charge on any atom is -0.486 e. The number of hydrogen-bond acceptors (Lipinski definition) is 3. The highest BCUT2D eigenvalue weighted by Crippen LogP contribution is 2.25. The van der Waals surface area contributed by atoms with Gasteiger partial charge in [-0.05, 0) is 30.7 Å². The quantitative estimate of drug-likeness (QED) is 0.812. The van der Waals surface area contributed by atoms with Gasteiger partial charge in [-0.2, -0.15) is 0 Å². The van der Waals surface area contributed by atoms with Crippen LogP contribution in [0.5, 0.6) is 5.75 Å². The van der Waals surface area contributed by atoms with Gasteiger partial charge in [-0.25, -0.2) is 0 Å². The molecule has 2 aromatic carbocycles. The molecule has 1 atom stereocenters. The monoisotopic (exact) mass is 243 g/mol. The highest BCUT2D eigenvalue weighted by atomic mass is 16.5. The first-order valence-corrected chi connectivity index (χ1v) is 5.91. The molecule has 94 valence electrons. The Kier molecular flexibility index (Phi) is 3.85. The number of aliphatic hydroxyl groups excluding tert-OH is 1. The molecular weight excluding hydrogens is 226 g/mol. The number of nitrogens with two attached hydrogens (primary N) is 1. The third-order valence-corrected chi connectivity index (χ3v) is 2.83. The lowest BCUT2D eigenvalue weighted by molar-refractivity contribution is 0.213. The van der Waals surface area contributed by atoms with E-state index in [1.165, 1.54) is 0 Å². The molecule has 2 aromatic rings. The smallest absolute Gasteiger partial charge is 0.125 e. The molecule has 2 rings (SSSR count). The third-order valence-electron chi connectivity index (χ3n) is 2.83. The Hall–Kier alpha value is -2.00. The molecule has 0 aliphatic carbocycles. The molecule has 0 bridgehead atoms. The largest absolute Gasteiger partial charge is 0.486 e. The maximum absolute atomic E-state index is 9.25. The van der Waals surface area contributed by atoms with Crippen LogP contribution in [0.3, 0.4) is 0 Å². The molecule has 3 nitrogen and oxygen atoms in total. The number of nitrogen functional groups attached to an aromatic ring is 1. The van der Waals surface area contributed by atoms with Crippen LogP contribution in [-0.4, -0.2) is 5.11 Å². The summed E-state index contributed by atoms with van der Waals surface area (Å²) in [7, 11) is 0. The Morgan fingerprint density at radius 2 is 1.94 bits per heavy atom. The van der Waals surface area contributed by atoms with E-state index in [9.17, 15) is 5.11 Å². The van der Waals surface area contributed by atoms with Crippen molar-refractivity contribution in [2.75, 3.05) is 5.73 Å². The third kappa shape index (κ3) is 2.81. The van der Waals surface area contributed by atoms with E-state index in [1.807, 2.05) is 55.5 Å². The SMILES string of the molecule is CC(Oc1ccccc1CO)c1cccc(N)c1. The second kappa shape index (κ2) is 5.56. The van der Waals surface area contributed by atoms with E-state index >= 15 is 0 Å². The van der Waals surface area contributed by atoms with Crippen LogP contribution >= 0.6 is 0 Å². The van der Waals surface area contributed by atoms with E-state index in [0.717, 1.165) is 16.8 Å². The van der Waals surface area contributed by atoms with Gasteiger partial charge in [0.05, 0.1) is 6.61 Å². The van der Waals surface area contributed by atoms with Gasteiger partial charge in [0, 0.05) is 11.3 Å². The van der Waals surface area contributed by atoms with Crippen molar-refractivity contribution in [2.24, 2.45) is 0 Å². The molecule has 0 saturated carbocycles. The second-order valence-electron chi connectivity index (χ2n) is 4.20. The molecule has 0 heterocycles. The molecule has 3 heteroatoms. The first-order valence-electron chi connectivity index (χ1n) is 5.91. The van der Waals surface area contributed by atoms with Crippen LogP contribution in [0.4, 0.5) is 5.69 Å². The van der Waals surface area contributed by atoms with Crippen LogP contribution < -0.4 is 10.5 Å². The van der Waals surface area contributed by atoms with Gasteiger partial charge in [-0.3, -0.25) is 0 Å². The number of ether oxygens (including phenoxy) is 1. The average Bonchev–Trinajstić information content (AvgIpc) is 2.39. The lowest BCUT2D eigenvalue weighted by Crippen LogP contribution is -2.05. The molecule has 0 aliphatic heterocycles. The van der Waals surface area contributed by atoms with E-state index in [2.05, 4.69) is 0 Å². The second-order valence-corrected chi connectivity index (χ2v) is 4.20. The topological polar surface area (TPSA) is 55.5 Å². The maximum Gasteiger partial charge on any atom is 0.125 e. The summed E-state index contributed by atoms with van der Waals surface area (Å²) in [5.74, 6) is 0.704. The average molecular weight is 243 g/mol. The van der Waals surface area contributed by atoms with Crippen molar-refractivity contribution in [1.29, 1.82) is 0 Å². The van der Waals surface area contributed by atoms with Crippen molar-refractivity contribution in [2.45, 2.75) is 19.6 Å². The molecule has 0 saturated heterocycles. The molecule has 0 aromatic heterocycles. The molecule has 0 amide bonds. The van der Waals surface area contributed by atoms with Crippen molar-refractivity contribution in [3.05, 3.63) is 59.7 Å². The molecule has 0 fully saturated rings. The zero-order valence-corrected chi connectivity index (χ0v) is 10.3. The van der Waals surface area contributed by atoms with Gasteiger partial charge in [0.1, 0.15) is 11.9 Å². The lowest BCUT2D eigenvalue weighted by Gasteiger charge is -2.17. The van der Waals surface area contributed by atoms with Gasteiger partial charge in [0.15, 0.2) is 0 Å². The fourth-order valence-electron chi connectivity index (χ4n) is 1.82. The molecule has 1 unspecified atom stereocenters. The van der Waals surface area contributed by atoms with Crippen molar-refractivity contribution >= 4 is 5.69 Å². The lowest BCUT2D eigenvalue weighted by atomic mass is 10.1. The van der Waals surface area contributed by atoms with Crippen LogP contribution in [0.25, 0.3) is 0 Å². The summed E-state index contributed by atoms with van der Waals surface area (Å²) in [6.07, 6.45) is -0.110. The summed E-state index contributed by atoms with van der Waals surface area (Å²) in [6.45, 7) is 1.93. The Bertz CT molecular complexity index is 525. The zero-order chi connectivity index (χ0) is 13.0. The van der Waals surface area contributed by atoms with E-state index in [4.69, 9.17) is 10.5 Å². The number of hydrogen-bond donors (Lipinski definition) is 2. The molecular formula is C15H17NO2. The standard InChI is InChI=1S/C15H17NO2/c1-11(12-6-4-7-14(16)9-12)18-15-8-3-2-5-13(15)10-17/h2-9,11,17H,10,16H2,1H3. The van der Waals surface area contributed by atoms with Crippen LogP contribution in [0.2, 0.25) is 0 Å². The first-order chi connectivity index (χ1) is 8.70. The van der Waals surface area contributed by atoms with Gasteiger partial charge in [0.25, 0.3) is 0 Å². The van der Waals surface area contributed by atoms with Crippen LogP contribution in [0, 0.1) is 0 Å². The van der Waals surface area contributed by atoms with Gasteiger partial charge in [-0.15, -0.1) is 0 Å². The predicted molar refractivity (Wildman–Crippen MR) is 72.3 cm³/mol. The Balaban J connectivity index is 2.18. The maximum atomic E-state index is 9.25. The van der Waals surface area contributed by atoms with Crippen molar-refractivity contribution in [3.63, 3.8) is 0 Å². The number of anilines is 1. The van der Waals surface area contributed by atoms with Gasteiger partial charge in [0.2, 0.25) is 0 Å². The Labute approximate surface area is 107 Å². The molecule has 0 radical (unpaired) electrons. The summed E-state index contributed by atoms with van der Waals surface area (Å²) in [4.78, 5) is 0. The summed E-state index contributed by atoms with van der Waals surface area (Å²) in [5.41, 5.74) is 8.27. The number of rotatable bonds is 4. The van der Waals surface area contributed by atoms with E-state index in [0.29, 0.717) is 5.75 Å². The van der Waals surface area contributed by atoms with E-state index in [1.54, 1.807) is 0 Å². The number of benzene rings is 2. The van der Waals surface area contributed by atoms with Crippen molar-refractivity contribution < 1.29 is 9.84 Å². The van der Waals surface area contributed by atoms with Crippen LogP contribution in [0.15, 0.2) is 48.5 Å². The van der Waals surface area contributed by atoms with Gasteiger partial charge >= 0.3 is 0 Å². The van der Waals surface area contributed by atoms with E-state index in [-0.39, 0.29) is 12.7 Å². The number of para-hydroxylation sites is 1. The van der Waals surface area contributed by atoms with Crippen molar-refractivity contribution in [3.8, 4) is 5.75 Å². The molecule has 18 heavy (non-hydrogen) atoms. The fraction of sp³-hybridized carbons (Fsp3) is 0.200. The van der Waals surface area contributed by atoms with Gasteiger partial charge in [-0.1, -0.05) is 30.3 Å². The summed E-state index contributed by atoms with van der Waals surface area (Å²) < 4.78 is 5.86. The Morgan fingerprint density at radius 1 is 1.17 bits per heavy atom. The van der Waals surface area contributed by atoms with Gasteiger partial charge < -0.3 is 15.6 Å². The minimum atomic E-state index is -0.110. The predicted octanol–water partition coefficient (Wildman–Crippen LogP) is 2.90. The fourth-order valence-corrected chi connectivity index (χ4v) is 1.82. The molecule has 0 aliphatic rings. The summed E-state index contributed by atoms with van der Waals surface area (Å²) in [6, 6.07) is 15.1. The minimum absolute atomic E-state index is 0.0280. The highest BCUT2D eigenvalue weighted by Gasteiger charge is 2.09. The Morgan fingerprint density at radius 3 is 2.67 bits per heavy atom. The van der Waals surface area contributed by atoms with Crippen LogP contribution in [0.1, 0.15) is 24.2 Å². The number of aliphatic hydroxyl groups is 1. The summed E-state index contributed by atoms with van der Waals surface area (Å²) >= 11 is 0. The highest BCUT2D eigenvalue weighted by molar-refractivity contribution is 5.42. The molecule has 3 N–H and O–H groups in total. The van der Waals surface area contributed by atoms with E-state index < -0.39 is 0 Å². The summed E-state index contributed by atoms with van der Waals surface area (Å²) in [5, 5.41) is 9.25. The molecule has 0 spiro atoms. The van der Waals surface area contributed by atoms with Crippen molar-refractivity contribution in [1.82, 2.24) is 0 Å². The van der Waals surface area contributed by atoms with Crippen LogP contribution in [-0.2, 0) is 6.61 Å². The first kappa shape index (κ1) is 12.5.